The molecule has 1 N–H and O–H groups in total. The van der Waals surface area contributed by atoms with Crippen molar-refractivity contribution in [1.29, 1.82) is 0 Å². The molecule has 0 unspecified atom stereocenters. The lowest BCUT2D eigenvalue weighted by atomic mass is 10.2. The lowest BCUT2D eigenvalue weighted by Crippen LogP contribution is -2.20. The van der Waals surface area contributed by atoms with Crippen molar-refractivity contribution >= 4 is 23.2 Å². The summed E-state index contributed by atoms with van der Waals surface area (Å²) in [6.45, 7) is 1.15. The molecule has 0 aromatic heterocycles. The number of carbonyl (C=O) groups excluding carboxylic acids is 1. The molecule has 0 aliphatic carbocycles. The quantitative estimate of drug-likeness (QED) is 0.930. The van der Waals surface area contributed by atoms with Gasteiger partial charge in [-0.05, 0) is 36.4 Å². The van der Waals surface area contributed by atoms with Crippen LogP contribution in [0.4, 0.5) is 5.69 Å². The van der Waals surface area contributed by atoms with Gasteiger partial charge in [0.05, 0.1) is 13.2 Å². The fraction of sp³-hybridized carbons (Fsp3) is 0.235. The number of carbonyl (C=O) groups is 1. The summed E-state index contributed by atoms with van der Waals surface area (Å²) in [5.41, 5.74) is 0.638. The first-order valence-corrected chi connectivity index (χ1v) is 7.66. The fourth-order valence-electron chi connectivity index (χ4n) is 2.12. The van der Waals surface area contributed by atoms with Crippen LogP contribution in [-0.2, 0) is 4.79 Å². The Morgan fingerprint density at radius 3 is 2.61 bits per heavy atom. The van der Waals surface area contributed by atoms with E-state index < -0.39 is 0 Å². The molecule has 0 bridgehead atoms. The van der Waals surface area contributed by atoms with Gasteiger partial charge in [-0.2, -0.15) is 0 Å². The summed E-state index contributed by atoms with van der Waals surface area (Å²) in [5.74, 6) is 1.66. The van der Waals surface area contributed by atoms with Crippen LogP contribution in [0.5, 0.6) is 17.2 Å². The summed E-state index contributed by atoms with van der Waals surface area (Å²) in [7, 11) is 0. The van der Waals surface area contributed by atoms with Gasteiger partial charge in [-0.3, -0.25) is 4.79 Å². The second kappa shape index (κ2) is 7.24. The Morgan fingerprint density at radius 2 is 1.83 bits per heavy atom. The zero-order valence-corrected chi connectivity index (χ0v) is 13.1. The molecule has 1 amide bonds. The average molecular weight is 334 g/mol. The Balaban J connectivity index is 1.57. The van der Waals surface area contributed by atoms with Crippen molar-refractivity contribution in [2.24, 2.45) is 0 Å². The highest BCUT2D eigenvalue weighted by molar-refractivity contribution is 6.30. The summed E-state index contributed by atoms with van der Waals surface area (Å²) >= 11 is 5.79. The molecule has 120 valence electrons. The molecular formula is C17H16ClNO4. The van der Waals surface area contributed by atoms with E-state index in [9.17, 15) is 4.79 Å². The van der Waals surface area contributed by atoms with Crippen LogP contribution in [0.1, 0.15) is 6.42 Å². The van der Waals surface area contributed by atoms with Crippen molar-refractivity contribution in [1.82, 2.24) is 0 Å². The number of benzene rings is 2. The average Bonchev–Trinajstić information content (AvgIpc) is 2.79. The van der Waals surface area contributed by atoms with E-state index in [1.54, 1.807) is 42.5 Å². The largest absolute Gasteiger partial charge is 0.490 e. The van der Waals surface area contributed by atoms with Crippen LogP contribution in [0.2, 0.25) is 5.02 Å². The maximum atomic E-state index is 12.0. The maximum absolute atomic E-state index is 12.0. The Kier molecular flexibility index (Phi) is 4.88. The van der Waals surface area contributed by atoms with E-state index in [1.165, 1.54) is 0 Å². The van der Waals surface area contributed by atoms with Crippen molar-refractivity contribution in [3.63, 3.8) is 0 Å². The predicted molar refractivity (Wildman–Crippen MR) is 87.6 cm³/mol. The molecule has 0 saturated heterocycles. The topological polar surface area (TPSA) is 56.8 Å². The molecule has 5 nitrogen and oxygen atoms in total. The number of halogens is 1. The smallest absolute Gasteiger partial charge is 0.262 e. The molecule has 0 saturated carbocycles. The first-order valence-electron chi connectivity index (χ1n) is 7.28. The van der Waals surface area contributed by atoms with Crippen LogP contribution in [0, 0.1) is 0 Å². The zero-order chi connectivity index (χ0) is 16.1. The number of nitrogens with one attached hydrogen (secondary N) is 1. The van der Waals surface area contributed by atoms with Gasteiger partial charge < -0.3 is 19.5 Å². The Labute approximate surface area is 139 Å². The number of hydrogen-bond acceptors (Lipinski definition) is 4. The van der Waals surface area contributed by atoms with E-state index in [4.69, 9.17) is 25.8 Å². The molecule has 0 atom stereocenters. The Hall–Kier alpha value is -2.40. The summed E-state index contributed by atoms with van der Waals surface area (Å²) < 4.78 is 16.5. The van der Waals surface area contributed by atoms with E-state index in [0.29, 0.717) is 41.2 Å². The van der Waals surface area contributed by atoms with E-state index in [2.05, 4.69) is 5.32 Å². The molecule has 2 aromatic rings. The minimum atomic E-state index is -0.255. The molecule has 1 heterocycles. The van der Waals surface area contributed by atoms with Gasteiger partial charge in [0.1, 0.15) is 5.75 Å². The highest BCUT2D eigenvalue weighted by atomic mass is 35.5. The monoisotopic (exact) mass is 333 g/mol. The highest BCUT2D eigenvalue weighted by Crippen LogP contribution is 2.32. The van der Waals surface area contributed by atoms with Gasteiger partial charge in [-0.15, -0.1) is 0 Å². The van der Waals surface area contributed by atoms with E-state index in [1.807, 2.05) is 0 Å². The molecule has 0 spiro atoms. The molecular weight excluding hydrogens is 318 g/mol. The highest BCUT2D eigenvalue weighted by Gasteiger charge is 2.12. The van der Waals surface area contributed by atoms with Gasteiger partial charge >= 0.3 is 0 Å². The standard InChI is InChI=1S/C17H16ClNO4/c18-12-2-5-14(6-3-12)23-11-17(20)19-13-4-7-15-16(10-13)22-9-1-8-21-15/h2-7,10H,1,8-9,11H2,(H,19,20). The summed E-state index contributed by atoms with van der Waals surface area (Å²) in [5, 5.41) is 3.39. The molecule has 6 heteroatoms. The number of rotatable bonds is 4. The van der Waals surface area contributed by atoms with Crippen LogP contribution in [0.3, 0.4) is 0 Å². The molecule has 3 rings (SSSR count). The number of anilines is 1. The van der Waals surface area contributed by atoms with Crippen molar-refractivity contribution in [3.05, 3.63) is 47.5 Å². The predicted octanol–water partition coefficient (Wildman–Crippen LogP) is 3.52. The zero-order valence-electron chi connectivity index (χ0n) is 12.4. The van der Waals surface area contributed by atoms with Gasteiger partial charge in [0.15, 0.2) is 18.1 Å². The lowest BCUT2D eigenvalue weighted by molar-refractivity contribution is -0.118. The molecule has 1 aliphatic rings. The number of fused-ring (bicyclic) bond motifs is 1. The third-order valence-corrected chi connectivity index (χ3v) is 3.47. The summed E-state index contributed by atoms with van der Waals surface area (Å²) in [6.07, 6.45) is 0.839. The second-order valence-corrected chi connectivity index (χ2v) is 5.44. The second-order valence-electron chi connectivity index (χ2n) is 5.00. The lowest BCUT2D eigenvalue weighted by Gasteiger charge is -2.11. The molecule has 0 radical (unpaired) electrons. The minimum absolute atomic E-state index is 0.0872. The minimum Gasteiger partial charge on any atom is -0.490 e. The van der Waals surface area contributed by atoms with Crippen LogP contribution >= 0.6 is 11.6 Å². The third-order valence-electron chi connectivity index (χ3n) is 3.21. The van der Waals surface area contributed by atoms with Crippen LogP contribution in [0.25, 0.3) is 0 Å². The van der Waals surface area contributed by atoms with Gasteiger partial charge in [0.25, 0.3) is 5.91 Å². The van der Waals surface area contributed by atoms with Crippen molar-refractivity contribution in [3.8, 4) is 17.2 Å². The SMILES string of the molecule is O=C(COc1ccc(Cl)cc1)Nc1ccc2c(c1)OCCCO2. The normalized spacial score (nSPS) is 13.1. The van der Waals surface area contributed by atoms with E-state index in [-0.39, 0.29) is 12.5 Å². The Morgan fingerprint density at radius 1 is 1.09 bits per heavy atom. The van der Waals surface area contributed by atoms with Gasteiger partial charge in [-0.25, -0.2) is 0 Å². The van der Waals surface area contributed by atoms with Crippen LogP contribution in [0.15, 0.2) is 42.5 Å². The molecule has 1 aliphatic heterocycles. The molecule has 0 fully saturated rings. The third kappa shape index (κ3) is 4.29. The van der Waals surface area contributed by atoms with Crippen LogP contribution < -0.4 is 19.5 Å². The number of hydrogen-bond donors (Lipinski definition) is 1. The van der Waals surface area contributed by atoms with E-state index in [0.717, 1.165) is 6.42 Å². The van der Waals surface area contributed by atoms with Gasteiger partial charge in [0, 0.05) is 23.2 Å². The number of amides is 1. The molecule has 23 heavy (non-hydrogen) atoms. The first kappa shape index (κ1) is 15.5. The number of ether oxygens (including phenoxy) is 3. The van der Waals surface area contributed by atoms with Crippen molar-refractivity contribution < 1.29 is 19.0 Å². The maximum Gasteiger partial charge on any atom is 0.262 e. The first-order chi connectivity index (χ1) is 11.2. The van der Waals surface area contributed by atoms with Crippen LogP contribution in [-0.4, -0.2) is 25.7 Å². The Bertz CT molecular complexity index is 687. The summed E-state index contributed by atoms with van der Waals surface area (Å²) in [6, 6.07) is 12.1. The van der Waals surface area contributed by atoms with E-state index >= 15 is 0 Å². The molecule has 2 aromatic carbocycles. The van der Waals surface area contributed by atoms with Gasteiger partial charge in [-0.1, -0.05) is 11.6 Å². The fourth-order valence-corrected chi connectivity index (χ4v) is 2.24. The van der Waals surface area contributed by atoms with Crippen molar-refractivity contribution in [2.45, 2.75) is 6.42 Å². The van der Waals surface area contributed by atoms with Crippen molar-refractivity contribution in [2.75, 3.05) is 25.1 Å². The van der Waals surface area contributed by atoms with Gasteiger partial charge in [0.2, 0.25) is 0 Å². The summed E-state index contributed by atoms with van der Waals surface area (Å²) in [4.78, 5) is 12.0.